The third-order valence-electron chi connectivity index (χ3n) is 6.35. The number of methoxy groups -OCH3 is 2. The van der Waals surface area contributed by atoms with E-state index in [1.54, 1.807) is 14.2 Å². The fourth-order valence-electron chi connectivity index (χ4n) is 4.74. The monoisotopic (exact) mass is 510 g/mol. The van der Waals surface area contributed by atoms with Gasteiger partial charge in [0.1, 0.15) is 6.04 Å². The van der Waals surface area contributed by atoms with Crippen LogP contribution in [0.15, 0.2) is 58.9 Å². The van der Waals surface area contributed by atoms with Crippen LogP contribution in [0.2, 0.25) is 5.02 Å². The molecule has 1 aliphatic carbocycles. The zero-order valence-electron chi connectivity index (χ0n) is 20.1. The SMILES string of the molecule is COc1ccc([C@@H]2C3=C(CC(C)(C)CC3=O)Nc3nc(SCc4ccccc4Cl)nn32)cc1OC. The Morgan fingerprint density at radius 2 is 1.91 bits per heavy atom. The predicted octanol–water partition coefficient (Wildman–Crippen LogP) is 5.90. The zero-order valence-corrected chi connectivity index (χ0v) is 21.7. The molecule has 0 bridgehead atoms. The first kappa shape index (κ1) is 23.8. The van der Waals surface area contributed by atoms with E-state index in [1.807, 2.05) is 47.1 Å². The number of allylic oxidation sites excluding steroid dienone is 2. The van der Waals surface area contributed by atoms with E-state index < -0.39 is 6.04 Å². The van der Waals surface area contributed by atoms with Crippen molar-refractivity contribution in [3.05, 3.63) is 69.9 Å². The molecule has 5 rings (SSSR count). The summed E-state index contributed by atoms with van der Waals surface area (Å²) in [5, 5.41) is 9.57. The number of rotatable bonds is 6. The number of nitrogens with zero attached hydrogens (tertiary/aromatic N) is 3. The number of aromatic nitrogens is 3. The van der Waals surface area contributed by atoms with Crippen molar-refractivity contribution in [3.8, 4) is 11.5 Å². The molecule has 0 amide bonds. The summed E-state index contributed by atoms with van der Waals surface area (Å²) in [5.41, 5.74) is 3.42. The number of fused-ring (bicyclic) bond motifs is 1. The number of anilines is 1. The number of halogens is 1. The van der Waals surface area contributed by atoms with Crippen molar-refractivity contribution in [3.63, 3.8) is 0 Å². The first-order valence-electron chi connectivity index (χ1n) is 11.4. The minimum Gasteiger partial charge on any atom is -0.493 e. The molecule has 2 aromatic carbocycles. The second-order valence-corrected chi connectivity index (χ2v) is 10.9. The van der Waals surface area contributed by atoms with Crippen LogP contribution in [0.4, 0.5) is 5.95 Å². The Hall–Kier alpha value is -2.97. The maximum absolute atomic E-state index is 13.4. The Kier molecular flexibility index (Phi) is 6.27. The molecule has 0 saturated carbocycles. The minimum absolute atomic E-state index is 0.120. The van der Waals surface area contributed by atoms with Gasteiger partial charge in [-0.3, -0.25) is 4.79 Å². The van der Waals surface area contributed by atoms with Crippen LogP contribution in [0.5, 0.6) is 11.5 Å². The summed E-state index contributed by atoms with van der Waals surface area (Å²) in [6, 6.07) is 13.1. The number of carbonyl (C=O) groups excluding carboxylic acids is 1. The van der Waals surface area contributed by atoms with Gasteiger partial charge in [0, 0.05) is 28.5 Å². The smallest absolute Gasteiger partial charge is 0.227 e. The fraction of sp³-hybridized carbons (Fsp3) is 0.346. The molecular formula is C26H27ClN4O3S. The molecule has 35 heavy (non-hydrogen) atoms. The van der Waals surface area contributed by atoms with Crippen LogP contribution in [0.1, 0.15) is 43.9 Å². The quantitative estimate of drug-likeness (QED) is 0.413. The maximum Gasteiger partial charge on any atom is 0.227 e. The van der Waals surface area contributed by atoms with E-state index in [0.717, 1.165) is 33.8 Å². The number of carbonyl (C=O) groups is 1. The average molecular weight is 511 g/mol. The largest absolute Gasteiger partial charge is 0.493 e. The average Bonchev–Trinajstić information content (AvgIpc) is 3.23. The summed E-state index contributed by atoms with van der Waals surface area (Å²) in [6.07, 6.45) is 1.24. The molecule has 182 valence electrons. The lowest BCUT2D eigenvalue weighted by atomic mass is 9.73. The molecule has 2 aliphatic rings. The highest BCUT2D eigenvalue weighted by atomic mass is 35.5. The standard InChI is InChI=1S/C26H27ClN4O3S/c1-26(2)12-18-22(19(32)13-26)23(15-9-10-20(33-3)21(11-15)34-4)31-24(28-18)29-25(30-31)35-14-16-7-5-6-8-17(16)27/h5-11,23H,12-14H2,1-4H3,(H,28,29,30)/t23-/m1/s1. The van der Waals surface area contributed by atoms with Gasteiger partial charge in [0.15, 0.2) is 17.3 Å². The highest BCUT2D eigenvalue weighted by Crippen LogP contribution is 2.46. The van der Waals surface area contributed by atoms with Gasteiger partial charge in [0.05, 0.1) is 14.2 Å². The number of nitrogens with one attached hydrogen (secondary N) is 1. The second-order valence-electron chi connectivity index (χ2n) is 9.52. The molecule has 0 saturated heterocycles. The van der Waals surface area contributed by atoms with Crippen molar-refractivity contribution < 1.29 is 14.3 Å². The number of Topliss-reactive ketones (excluding diaryl/α,β-unsaturated/α-hetero) is 1. The van der Waals surface area contributed by atoms with Crippen molar-refractivity contribution in [2.24, 2.45) is 5.41 Å². The molecule has 3 aromatic rings. The van der Waals surface area contributed by atoms with Crippen molar-refractivity contribution in [2.75, 3.05) is 19.5 Å². The number of ether oxygens (including phenoxy) is 2. The molecular weight excluding hydrogens is 484 g/mol. The van der Waals surface area contributed by atoms with E-state index in [9.17, 15) is 4.79 Å². The Labute approximate surface area is 213 Å². The van der Waals surface area contributed by atoms with Crippen LogP contribution in [-0.4, -0.2) is 34.8 Å². The number of ketones is 1. The molecule has 1 N–H and O–H groups in total. The molecule has 7 nitrogen and oxygen atoms in total. The summed E-state index contributed by atoms with van der Waals surface area (Å²) >= 11 is 7.85. The van der Waals surface area contributed by atoms with Crippen LogP contribution in [0, 0.1) is 5.41 Å². The van der Waals surface area contributed by atoms with Gasteiger partial charge in [-0.1, -0.05) is 61.5 Å². The summed E-state index contributed by atoms with van der Waals surface area (Å²) in [6.45, 7) is 4.23. The zero-order chi connectivity index (χ0) is 24.7. The second kappa shape index (κ2) is 9.24. The predicted molar refractivity (Wildman–Crippen MR) is 137 cm³/mol. The molecule has 0 radical (unpaired) electrons. The molecule has 2 heterocycles. The Morgan fingerprint density at radius 1 is 1.14 bits per heavy atom. The van der Waals surface area contributed by atoms with E-state index >= 15 is 0 Å². The molecule has 1 aliphatic heterocycles. The number of hydrogen-bond donors (Lipinski definition) is 1. The minimum atomic E-state index is -0.410. The summed E-state index contributed by atoms with van der Waals surface area (Å²) in [4.78, 5) is 18.2. The third kappa shape index (κ3) is 4.52. The van der Waals surface area contributed by atoms with Gasteiger partial charge >= 0.3 is 0 Å². The number of thioether (sulfide) groups is 1. The van der Waals surface area contributed by atoms with Crippen LogP contribution in [0.25, 0.3) is 0 Å². The summed E-state index contributed by atoms with van der Waals surface area (Å²) in [5.74, 6) is 2.61. The Morgan fingerprint density at radius 3 is 2.66 bits per heavy atom. The van der Waals surface area contributed by atoms with Crippen LogP contribution < -0.4 is 14.8 Å². The van der Waals surface area contributed by atoms with Crippen molar-refractivity contribution >= 4 is 35.1 Å². The van der Waals surface area contributed by atoms with E-state index in [2.05, 4.69) is 19.2 Å². The third-order valence-corrected chi connectivity index (χ3v) is 7.61. The van der Waals surface area contributed by atoms with Crippen LogP contribution in [-0.2, 0) is 10.5 Å². The van der Waals surface area contributed by atoms with E-state index in [1.165, 1.54) is 11.8 Å². The molecule has 1 atom stereocenters. The van der Waals surface area contributed by atoms with E-state index in [0.29, 0.717) is 34.8 Å². The molecule has 0 unspecified atom stereocenters. The van der Waals surface area contributed by atoms with Crippen molar-refractivity contribution in [2.45, 2.75) is 43.6 Å². The van der Waals surface area contributed by atoms with Crippen LogP contribution in [0.3, 0.4) is 0 Å². The molecule has 0 spiro atoms. The van der Waals surface area contributed by atoms with Gasteiger partial charge in [-0.05, 0) is 41.2 Å². The van der Waals surface area contributed by atoms with Gasteiger partial charge < -0.3 is 14.8 Å². The van der Waals surface area contributed by atoms with Gasteiger partial charge in [-0.2, -0.15) is 4.98 Å². The van der Waals surface area contributed by atoms with E-state index in [-0.39, 0.29) is 11.2 Å². The number of benzene rings is 2. The highest BCUT2D eigenvalue weighted by molar-refractivity contribution is 7.98. The first-order valence-corrected chi connectivity index (χ1v) is 12.7. The number of hydrogen-bond acceptors (Lipinski definition) is 7. The van der Waals surface area contributed by atoms with Crippen LogP contribution >= 0.6 is 23.4 Å². The normalized spacial score (nSPS) is 18.5. The fourth-order valence-corrected chi connectivity index (χ4v) is 5.85. The topological polar surface area (TPSA) is 78.3 Å². The summed E-state index contributed by atoms with van der Waals surface area (Å²) in [7, 11) is 3.21. The Balaban J connectivity index is 1.56. The maximum atomic E-state index is 13.4. The van der Waals surface area contributed by atoms with Crippen molar-refractivity contribution in [1.29, 1.82) is 0 Å². The lowest BCUT2D eigenvalue weighted by molar-refractivity contribution is -0.118. The van der Waals surface area contributed by atoms with Gasteiger partial charge in [-0.15, -0.1) is 5.10 Å². The Bertz CT molecular complexity index is 1330. The lowest BCUT2D eigenvalue weighted by Gasteiger charge is -2.38. The lowest BCUT2D eigenvalue weighted by Crippen LogP contribution is -2.36. The first-order chi connectivity index (χ1) is 16.8. The van der Waals surface area contributed by atoms with Gasteiger partial charge in [0.2, 0.25) is 11.1 Å². The molecule has 9 heteroatoms. The molecule has 1 aromatic heterocycles. The molecule has 0 fully saturated rings. The van der Waals surface area contributed by atoms with Crippen molar-refractivity contribution in [1.82, 2.24) is 14.8 Å². The van der Waals surface area contributed by atoms with Gasteiger partial charge in [-0.25, -0.2) is 4.68 Å². The van der Waals surface area contributed by atoms with Gasteiger partial charge in [0.25, 0.3) is 0 Å². The van der Waals surface area contributed by atoms with E-state index in [4.69, 9.17) is 31.2 Å². The highest BCUT2D eigenvalue weighted by Gasteiger charge is 2.42. The summed E-state index contributed by atoms with van der Waals surface area (Å²) < 4.78 is 12.8.